The molecule has 2 amide bonds. The van der Waals surface area contributed by atoms with Crippen LogP contribution < -0.4 is 41.7 Å². The third-order valence-corrected chi connectivity index (χ3v) is 11.8. The Bertz CT molecular complexity index is 2050. The number of amides is 2. The van der Waals surface area contributed by atoms with E-state index in [1.165, 1.54) is 13.8 Å². The van der Waals surface area contributed by atoms with E-state index < -0.39 is 84.6 Å². The highest BCUT2D eigenvalue weighted by Crippen LogP contribution is 2.56. The van der Waals surface area contributed by atoms with Crippen molar-refractivity contribution in [2.24, 2.45) is 5.41 Å². The summed E-state index contributed by atoms with van der Waals surface area (Å²) in [5.41, 5.74) is 10.6. The summed E-state index contributed by atoms with van der Waals surface area (Å²) < 4.78 is 60.5. The number of anilines is 2. The molecule has 2 unspecified atom stereocenters. The minimum Gasteiger partial charge on any atom is -0.790 e. The van der Waals surface area contributed by atoms with Crippen LogP contribution in [0.5, 0.6) is 0 Å². The lowest BCUT2D eigenvalue weighted by Gasteiger charge is -2.36. The Morgan fingerprint density at radius 2 is 1.68 bits per heavy atom. The fourth-order valence-corrected chi connectivity index (χ4v) is 8.38. The Balaban J connectivity index is 1.23. The average molecular weight is 883 g/mol. The number of hydrogen-bond acceptors (Lipinski definition) is 23. The minimum atomic E-state index is -5.92. The van der Waals surface area contributed by atoms with E-state index in [1.54, 1.807) is 24.3 Å². The molecule has 1 aliphatic heterocycles. The van der Waals surface area contributed by atoms with Gasteiger partial charge in [-0.25, -0.2) is 19.3 Å². The maximum atomic E-state index is 12.5. The van der Waals surface area contributed by atoms with Crippen molar-refractivity contribution in [2.45, 2.75) is 50.9 Å². The van der Waals surface area contributed by atoms with E-state index in [-0.39, 0.29) is 47.4 Å². The number of carbonyl (C=O) groups excluding carboxylic acids is 3. The number of phosphoric acid groups is 3. The molecule has 25 nitrogen and oxygen atoms in total. The van der Waals surface area contributed by atoms with Crippen LogP contribution in [0.3, 0.4) is 0 Å². The number of aromatic nitrogens is 4. The predicted molar refractivity (Wildman–Crippen MR) is 188 cm³/mol. The molecule has 1 saturated heterocycles. The van der Waals surface area contributed by atoms with Gasteiger partial charge in [-0.1, -0.05) is 25.6 Å². The lowest BCUT2D eigenvalue weighted by molar-refractivity contribution is -0.347. The number of benzene rings is 1. The van der Waals surface area contributed by atoms with Crippen LogP contribution in [0.2, 0.25) is 0 Å². The molecular formula is C28H37N8O17P3S-4. The van der Waals surface area contributed by atoms with Crippen molar-refractivity contribution in [3.05, 3.63) is 42.5 Å². The Labute approximate surface area is 327 Å². The number of fused-ring (bicyclic) bond motifs is 1. The zero-order chi connectivity index (χ0) is 42.3. The van der Waals surface area contributed by atoms with Crippen LogP contribution in [0.4, 0.5) is 11.5 Å². The van der Waals surface area contributed by atoms with Crippen molar-refractivity contribution in [1.29, 1.82) is 0 Å². The normalized spacial score (nSPS) is 21.4. The first kappa shape index (κ1) is 46.3. The van der Waals surface area contributed by atoms with Crippen LogP contribution in [0, 0.1) is 5.41 Å². The van der Waals surface area contributed by atoms with Gasteiger partial charge in [0.25, 0.3) is 15.6 Å². The summed E-state index contributed by atoms with van der Waals surface area (Å²) in [7, 11) is -17.6. The smallest absolute Gasteiger partial charge is 0.274 e. The summed E-state index contributed by atoms with van der Waals surface area (Å²) in [6.07, 6.45) is -7.65. The Morgan fingerprint density at radius 3 is 2.35 bits per heavy atom. The highest BCUT2D eigenvalue weighted by molar-refractivity contribution is 8.14. The second-order valence-corrected chi connectivity index (χ2v) is 17.9. The molecule has 57 heavy (non-hydrogen) atoms. The van der Waals surface area contributed by atoms with Gasteiger partial charge in [0.1, 0.15) is 36.3 Å². The molecule has 316 valence electrons. The van der Waals surface area contributed by atoms with E-state index in [0.29, 0.717) is 11.3 Å². The van der Waals surface area contributed by atoms with Crippen LogP contribution >= 0.6 is 35.2 Å². The second kappa shape index (κ2) is 19.1. The Morgan fingerprint density at radius 1 is 1.02 bits per heavy atom. The van der Waals surface area contributed by atoms with E-state index in [1.807, 2.05) is 0 Å². The van der Waals surface area contributed by atoms with E-state index in [4.69, 9.17) is 16.2 Å². The molecule has 4 rings (SSSR count). The highest BCUT2D eigenvalue weighted by Gasteiger charge is 2.47. The van der Waals surface area contributed by atoms with Crippen LogP contribution in [0.25, 0.3) is 11.2 Å². The molecule has 2 aromatic heterocycles. The van der Waals surface area contributed by atoms with E-state index in [9.17, 15) is 57.9 Å². The number of nitrogens with two attached hydrogens (primary N) is 2. The summed E-state index contributed by atoms with van der Waals surface area (Å²) in [4.78, 5) is 96.3. The Hall–Kier alpha value is -3.42. The fraction of sp³-hybridized carbons (Fsp3) is 0.500. The molecule has 8 N–H and O–H groups in total. The number of thioether (sulfide) groups is 1. The summed E-state index contributed by atoms with van der Waals surface area (Å²) in [5.74, 6) is -1.33. The molecule has 0 bridgehead atoms. The largest absolute Gasteiger partial charge is 0.790 e. The average Bonchev–Trinajstić information content (AvgIpc) is 3.68. The number of hydrogen-bond donors (Lipinski definition) is 6. The molecular weight excluding hydrogens is 845 g/mol. The van der Waals surface area contributed by atoms with Gasteiger partial charge in [-0.3, -0.25) is 28.1 Å². The van der Waals surface area contributed by atoms with Crippen LogP contribution in [0.15, 0.2) is 36.9 Å². The number of nitrogen functional groups attached to an aromatic ring is 2. The van der Waals surface area contributed by atoms with Crippen molar-refractivity contribution in [3.8, 4) is 0 Å². The lowest BCUT2D eigenvalue weighted by atomic mass is 9.87. The highest BCUT2D eigenvalue weighted by atomic mass is 32.2. The van der Waals surface area contributed by atoms with Gasteiger partial charge in [-0.05, 0) is 24.3 Å². The molecule has 3 heterocycles. The first-order valence-electron chi connectivity index (χ1n) is 16.3. The monoisotopic (exact) mass is 882 g/mol. The van der Waals surface area contributed by atoms with E-state index >= 15 is 0 Å². The van der Waals surface area contributed by atoms with Crippen LogP contribution in [0.1, 0.15) is 36.9 Å². The van der Waals surface area contributed by atoms with Gasteiger partial charge in [0.2, 0.25) is 16.9 Å². The van der Waals surface area contributed by atoms with Crippen LogP contribution in [-0.2, 0) is 45.9 Å². The van der Waals surface area contributed by atoms with E-state index in [2.05, 4.69) is 43.5 Å². The van der Waals surface area contributed by atoms with Crippen molar-refractivity contribution >= 4 is 74.8 Å². The number of carbonyl (C=O) groups is 3. The van der Waals surface area contributed by atoms with Gasteiger partial charge in [-0.15, -0.1) is 0 Å². The maximum absolute atomic E-state index is 12.5. The van der Waals surface area contributed by atoms with Crippen molar-refractivity contribution in [2.75, 3.05) is 43.5 Å². The van der Waals surface area contributed by atoms with Gasteiger partial charge in [0.15, 0.2) is 17.7 Å². The van der Waals surface area contributed by atoms with Gasteiger partial charge in [0.05, 0.1) is 27.4 Å². The molecule has 1 aromatic carbocycles. The van der Waals surface area contributed by atoms with Crippen molar-refractivity contribution in [3.63, 3.8) is 0 Å². The standard InChI is InChI=1S/C28H41N8O17P3S/c1-28(2,22(39)25(40)32-8-7-18(37)31-9-10-57-27(41)15-3-5-16(29)6-4-15)12-50-56(47,48)53-55(45,46)49-11-17-21(52-54(42,43)44)20(38)26(51-17)36-14-35-19-23(30)33-13-34-24(19)36/h3-6,13-14,17,20-22,26,38-39H,7-12,29H2,1-2H3,(H,31,37)(H,32,40)(H,45,46)(H,47,48)(H2,30,33,34)(H2,42,43,44)/p-4/t17-,20-,21-,22+,26-/m1/s1. The molecule has 0 spiro atoms. The quantitative estimate of drug-likeness (QED) is 0.0375. The molecule has 3 aromatic rings. The number of nitrogens with zero attached hydrogens (tertiary/aromatic N) is 4. The van der Waals surface area contributed by atoms with E-state index in [0.717, 1.165) is 29.0 Å². The van der Waals surface area contributed by atoms with Gasteiger partial charge in [-0.2, -0.15) is 0 Å². The fourth-order valence-electron chi connectivity index (χ4n) is 4.95. The first-order valence-corrected chi connectivity index (χ1v) is 21.7. The topological polar surface area (TPSA) is 401 Å². The van der Waals surface area contributed by atoms with Crippen LogP contribution in [-0.4, -0.2) is 103 Å². The third-order valence-electron chi connectivity index (χ3n) is 7.86. The van der Waals surface area contributed by atoms with Crippen molar-refractivity contribution < 1.29 is 80.5 Å². The summed E-state index contributed by atoms with van der Waals surface area (Å²) in [6.45, 7) is -0.00976. The number of aliphatic hydroxyl groups is 2. The molecule has 0 radical (unpaired) electrons. The zero-order valence-electron chi connectivity index (χ0n) is 29.8. The number of phosphoric ester groups is 3. The first-order chi connectivity index (χ1) is 26.5. The third kappa shape index (κ3) is 13.3. The van der Waals surface area contributed by atoms with Gasteiger partial charge in [0, 0.05) is 41.9 Å². The molecule has 1 aliphatic rings. The van der Waals surface area contributed by atoms with Crippen molar-refractivity contribution in [1.82, 2.24) is 30.2 Å². The zero-order valence-corrected chi connectivity index (χ0v) is 33.3. The molecule has 29 heteroatoms. The maximum Gasteiger partial charge on any atom is 0.274 e. The SMILES string of the molecule is CC(C)(COP(=O)([O-])OP(=O)([O-])OC[C@H]1O[C@@H](n2cnc3c(N)ncnc32)[C@H](O)[C@@H]1OP(=O)([O-])[O-])[C@@H](O)C(=O)NCCC(=O)NCCSC(=O)c1ccc(N)cc1. The summed E-state index contributed by atoms with van der Waals surface area (Å²) in [6, 6.07) is 6.31. The molecule has 0 aliphatic carbocycles. The molecule has 7 atom stereocenters. The van der Waals surface area contributed by atoms with Gasteiger partial charge < -0.3 is 74.8 Å². The molecule has 1 fully saturated rings. The number of nitrogens with one attached hydrogen (secondary N) is 2. The summed E-state index contributed by atoms with van der Waals surface area (Å²) >= 11 is 0.977. The summed E-state index contributed by atoms with van der Waals surface area (Å²) in [5, 5.41) is 26.0. The number of aliphatic hydroxyl groups excluding tert-OH is 2. The number of imidazole rings is 1. The second-order valence-electron chi connectivity index (χ2n) is 12.7. The number of rotatable bonds is 20. The Kier molecular flexibility index (Phi) is 15.5. The van der Waals surface area contributed by atoms with Gasteiger partial charge >= 0.3 is 0 Å². The minimum absolute atomic E-state index is 0.0250. The predicted octanol–water partition coefficient (Wildman–Crippen LogP) is -2.97. The number of ether oxygens (including phenoxy) is 1. The molecule has 0 saturated carbocycles. The lowest BCUT2D eigenvalue weighted by Crippen LogP contribution is -2.46.